The number of carbonyl (C=O) groups is 2. The van der Waals surface area contributed by atoms with E-state index in [9.17, 15) is 9.59 Å². The highest BCUT2D eigenvalue weighted by atomic mass is 16.2. The first-order valence-electron chi connectivity index (χ1n) is 11.2. The Hall–Kier alpha value is -3.41. The van der Waals surface area contributed by atoms with E-state index in [0.29, 0.717) is 38.0 Å². The number of rotatable bonds is 7. The number of hydrogen-bond donors (Lipinski definition) is 1. The Labute approximate surface area is 189 Å². The van der Waals surface area contributed by atoms with E-state index in [2.05, 4.69) is 28.6 Å². The lowest BCUT2D eigenvalue weighted by molar-refractivity contribution is -0.132. The molecular weight excluding hydrogens is 400 g/mol. The van der Waals surface area contributed by atoms with Gasteiger partial charge in [-0.2, -0.15) is 5.10 Å². The third kappa shape index (κ3) is 5.25. The molecule has 4 rings (SSSR count). The van der Waals surface area contributed by atoms with E-state index in [0.717, 1.165) is 29.9 Å². The Morgan fingerprint density at radius 2 is 1.78 bits per heavy atom. The minimum Gasteiger partial charge on any atom is -0.352 e. The summed E-state index contributed by atoms with van der Waals surface area (Å²) in [6.07, 6.45) is 2.00. The number of aryl methyl sites for hydroxylation is 2. The van der Waals surface area contributed by atoms with Gasteiger partial charge in [0.15, 0.2) is 0 Å². The van der Waals surface area contributed by atoms with Gasteiger partial charge in [0.05, 0.1) is 12.2 Å². The third-order valence-corrected chi connectivity index (χ3v) is 5.99. The van der Waals surface area contributed by atoms with Crippen molar-refractivity contribution in [3.8, 4) is 0 Å². The fourth-order valence-electron chi connectivity index (χ4n) is 4.18. The van der Waals surface area contributed by atoms with Crippen LogP contribution in [0.1, 0.15) is 51.3 Å². The largest absolute Gasteiger partial charge is 0.352 e. The molecule has 0 saturated heterocycles. The average molecular weight is 431 g/mol. The molecule has 6 nitrogen and oxygen atoms in total. The second kappa shape index (κ2) is 9.81. The van der Waals surface area contributed by atoms with Crippen LogP contribution in [0.5, 0.6) is 0 Å². The van der Waals surface area contributed by atoms with Crippen molar-refractivity contribution in [3.05, 3.63) is 88.2 Å². The van der Waals surface area contributed by atoms with Crippen LogP contribution >= 0.6 is 0 Å². The first-order valence-corrected chi connectivity index (χ1v) is 11.2. The molecule has 1 aliphatic rings. The number of aromatic nitrogens is 2. The van der Waals surface area contributed by atoms with E-state index in [1.807, 2.05) is 59.8 Å². The van der Waals surface area contributed by atoms with Crippen molar-refractivity contribution in [3.63, 3.8) is 0 Å². The third-order valence-electron chi connectivity index (χ3n) is 5.99. The summed E-state index contributed by atoms with van der Waals surface area (Å²) >= 11 is 0. The molecule has 2 amide bonds. The highest BCUT2D eigenvalue weighted by molar-refractivity contribution is 5.94. The van der Waals surface area contributed by atoms with Crippen LogP contribution in [0.2, 0.25) is 0 Å². The van der Waals surface area contributed by atoms with Gasteiger partial charge in [0.25, 0.3) is 5.91 Å². The summed E-state index contributed by atoms with van der Waals surface area (Å²) in [6.45, 7) is 6.65. The van der Waals surface area contributed by atoms with Crippen molar-refractivity contribution in [2.45, 2.75) is 46.2 Å². The summed E-state index contributed by atoms with van der Waals surface area (Å²) in [5.41, 5.74) is 6.42. The van der Waals surface area contributed by atoms with Crippen LogP contribution in [-0.4, -0.2) is 39.6 Å². The number of nitrogens with one attached hydrogen (secondary N) is 1. The molecular formula is C26H30N4O2. The smallest absolute Gasteiger partial charge is 0.251 e. The minimum atomic E-state index is -0.109. The Morgan fingerprint density at radius 3 is 2.50 bits per heavy atom. The first kappa shape index (κ1) is 21.8. The Kier molecular flexibility index (Phi) is 6.69. The fourth-order valence-corrected chi connectivity index (χ4v) is 4.18. The van der Waals surface area contributed by atoms with Gasteiger partial charge in [-0.25, -0.2) is 0 Å². The van der Waals surface area contributed by atoms with Crippen molar-refractivity contribution >= 4 is 11.8 Å². The van der Waals surface area contributed by atoms with Crippen LogP contribution in [0.3, 0.4) is 0 Å². The van der Waals surface area contributed by atoms with Crippen LogP contribution in [-0.2, 0) is 24.3 Å². The number of nitrogens with zero attached hydrogens (tertiary/aromatic N) is 3. The van der Waals surface area contributed by atoms with E-state index in [-0.39, 0.29) is 11.8 Å². The summed E-state index contributed by atoms with van der Waals surface area (Å²) in [4.78, 5) is 26.9. The molecule has 2 aromatic carbocycles. The maximum Gasteiger partial charge on any atom is 0.251 e. The molecule has 0 spiro atoms. The van der Waals surface area contributed by atoms with Gasteiger partial charge in [-0.1, -0.05) is 36.4 Å². The molecule has 0 unspecified atom stereocenters. The first-order chi connectivity index (χ1) is 15.5. The molecule has 0 saturated carbocycles. The van der Waals surface area contributed by atoms with Crippen molar-refractivity contribution in [1.82, 2.24) is 20.0 Å². The predicted molar refractivity (Wildman–Crippen MR) is 124 cm³/mol. The van der Waals surface area contributed by atoms with E-state index in [1.54, 1.807) is 0 Å². The minimum absolute atomic E-state index is 0.109. The number of benzene rings is 2. The predicted octanol–water partition coefficient (Wildman–Crippen LogP) is 3.64. The van der Waals surface area contributed by atoms with Gasteiger partial charge in [0.2, 0.25) is 5.91 Å². The maximum atomic E-state index is 12.5. The van der Waals surface area contributed by atoms with Gasteiger partial charge in [-0.3, -0.25) is 14.3 Å². The molecule has 166 valence electrons. The number of hydrogen-bond acceptors (Lipinski definition) is 3. The molecule has 0 bridgehead atoms. The zero-order chi connectivity index (χ0) is 22.5. The van der Waals surface area contributed by atoms with Crippen LogP contribution in [0, 0.1) is 13.8 Å². The molecule has 1 aromatic heterocycles. The molecule has 3 aromatic rings. The summed E-state index contributed by atoms with van der Waals surface area (Å²) < 4.78 is 1.96. The molecule has 32 heavy (non-hydrogen) atoms. The van der Waals surface area contributed by atoms with Crippen molar-refractivity contribution < 1.29 is 9.59 Å². The van der Waals surface area contributed by atoms with E-state index in [1.165, 1.54) is 11.1 Å². The van der Waals surface area contributed by atoms with E-state index < -0.39 is 0 Å². The average Bonchev–Trinajstić information content (AvgIpc) is 3.12. The van der Waals surface area contributed by atoms with E-state index in [4.69, 9.17) is 0 Å². The van der Waals surface area contributed by atoms with Crippen LogP contribution < -0.4 is 5.32 Å². The normalized spacial score (nSPS) is 13.0. The standard InChI is InChI=1S/C26H30N4O2/c1-19-16-20(2)30(28-19)17-21-9-11-23(12-10-21)26(32)27-14-5-8-25(31)29-15-13-22-6-3-4-7-24(22)18-29/h3-4,6-7,9-12,16H,5,8,13-15,17-18H2,1-2H3,(H,27,32). The lowest BCUT2D eigenvalue weighted by Crippen LogP contribution is -2.36. The van der Waals surface area contributed by atoms with Gasteiger partial charge in [-0.05, 0) is 61.6 Å². The van der Waals surface area contributed by atoms with Gasteiger partial charge in [-0.15, -0.1) is 0 Å². The zero-order valence-corrected chi connectivity index (χ0v) is 18.8. The molecule has 0 radical (unpaired) electrons. The molecule has 1 N–H and O–H groups in total. The molecule has 1 aliphatic heterocycles. The number of carbonyl (C=O) groups excluding carboxylic acids is 2. The second-order valence-corrected chi connectivity index (χ2v) is 8.48. The summed E-state index contributed by atoms with van der Waals surface area (Å²) in [5.74, 6) is 0.0456. The Balaban J connectivity index is 1.20. The number of fused-ring (bicyclic) bond motifs is 1. The number of amides is 2. The zero-order valence-electron chi connectivity index (χ0n) is 18.8. The SMILES string of the molecule is Cc1cc(C)n(Cc2ccc(C(=O)NCCCC(=O)N3CCc4ccccc4C3)cc2)n1. The topological polar surface area (TPSA) is 67.2 Å². The summed E-state index contributed by atoms with van der Waals surface area (Å²) in [6, 6.07) is 18.0. The second-order valence-electron chi connectivity index (χ2n) is 8.48. The monoisotopic (exact) mass is 430 g/mol. The Bertz CT molecular complexity index is 1100. The molecule has 0 aliphatic carbocycles. The summed E-state index contributed by atoms with van der Waals surface area (Å²) in [7, 11) is 0. The molecule has 6 heteroatoms. The highest BCUT2D eigenvalue weighted by Gasteiger charge is 2.19. The van der Waals surface area contributed by atoms with Crippen molar-refractivity contribution in [2.75, 3.05) is 13.1 Å². The molecule has 2 heterocycles. The van der Waals surface area contributed by atoms with Crippen molar-refractivity contribution in [1.29, 1.82) is 0 Å². The van der Waals surface area contributed by atoms with Crippen LogP contribution in [0.25, 0.3) is 0 Å². The molecule has 0 atom stereocenters. The van der Waals surface area contributed by atoms with E-state index >= 15 is 0 Å². The maximum absolute atomic E-state index is 12.5. The molecule has 0 fully saturated rings. The van der Waals surface area contributed by atoms with Crippen molar-refractivity contribution in [2.24, 2.45) is 0 Å². The lowest BCUT2D eigenvalue weighted by atomic mass is 9.99. The van der Waals surface area contributed by atoms with Gasteiger partial charge >= 0.3 is 0 Å². The van der Waals surface area contributed by atoms with Gasteiger partial charge in [0.1, 0.15) is 0 Å². The highest BCUT2D eigenvalue weighted by Crippen LogP contribution is 2.19. The Morgan fingerprint density at radius 1 is 1.03 bits per heavy atom. The fraction of sp³-hybridized carbons (Fsp3) is 0.346. The van der Waals surface area contributed by atoms with Crippen LogP contribution in [0.4, 0.5) is 0 Å². The van der Waals surface area contributed by atoms with Crippen LogP contribution in [0.15, 0.2) is 54.6 Å². The van der Waals surface area contributed by atoms with Gasteiger partial charge < -0.3 is 10.2 Å². The van der Waals surface area contributed by atoms with Gasteiger partial charge in [0, 0.05) is 37.3 Å². The summed E-state index contributed by atoms with van der Waals surface area (Å²) in [5, 5.41) is 7.41. The lowest BCUT2D eigenvalue weighted by Gasteiger charge is -2.29. The quantitative estimate of drug-likeness (QED) is 0.582.